The monoisotopic (exact) mass is 245 g/mol. The van der Waals surface area contributed by atoms with Crippen LogP contribution in [0.4, 0.5) is 4.39 Å². The van der Waals surface area contributed by atoms with Crippen LogP contribution in [-0.4, -0.2) is 0 Å². The Morgan fingerprint density at radius 2 is 1.61 bits per heavy atom. The van der Waals surface area contributed by atoms with E-state index in [1.54, 1.807) is 19.1 Å². The highest BCUT2D eigenvalue weighted by Crippen LogP contribution is 2.25. The van der Waals surface area contributed by atoms with Gasteiger partial charge in [0.1, 0.15) is 17.3 Å². The summed E-state index contributed by atoms with van der Waals surface area (Å²) in [4.78, 5) is 0. The molecule has 2 aromatic carbocycles. The molecule has 0 aromatic heterocycles. The minimum absolute atomic E-state index is 0.225. The normalized spacial score (nSPS) is 10.4. The Labute approximate surface area is 106 Å². The van der Waals surface area contributed by atoms with E-state index < -0.39 is 0 Å². The largest absolute Gasteiger partial charge is 0.457 e. The number of ether oxygens (including phenoxy) is 1. The standard InChI is InChI=1S/C15H16FNO/c1-10-7-13(4-3-12(10)9-17)18-14-5-6-15(16)11(2)8-14/h3-8H,9,17H2,1-2H3. The van der Waals surface area contributed by atoms with Gasteiger partial charge < -0.3 is 10.5 Å². The topological polar surface area (TPSA) is 35.2 Å². The van der Waals surface area contributed by atoms with Gasteiger partial charge in [0.15, 0.2) is 0 Å². The quantitative estimate of drug-likeness (QED) is 0.895. The van der Waals surface area contributed by atoms with E-state index in [9.17, 15) is 4.39 Å². The molecule has 0 aliphatic rings. The van der Waals surface area contributed by atoms with Gasteiger partial charge in [-0.1, -0.05) is 6.07 Å². The second-order valence-corrected chi connectivity index (χ2v) is 4.31. The van der Waals surface area contributed by atoms with E-state index in [0.717, 1.165) is 16.9 Å². The summed E-state index contributed by atoms with van der Waals surface area (Å²) in [6, 6.07) is 10.5. The fourth-order valence-electron chi connectivity index (χ4n) is 1.78. The third kappa shape index (κ3) is 2.68. The Hall–Kier alpha value is -1.87. The molecule has 0 aliphatic carbocycles. The molecule has 0 saturated carbocycles. The molecule has 0 heterocycles. The van der Waals surface area contributed by atoms with E-state index in [4.69, 9.17) is 10.5 Å². The first-order valence-electron chi connectivity index (χ1n) is 5.84. The molecule has 2 nitrogen and oxygen atoms in total. The smallest absolute Gasteiger partial charge is 0.127 e. The molecule has 0 aliphatic heterocycles. The van der Waals surface area contributed by atoms with Gasteiger partial charge in [-0.15, -0.1) is 0 Å². The molecule has 3 heteroatoms. The number of hydrogen-bond acceptors (Lipinski definition) is 2. The summed E-state index contributed by atoms with van der Waals surface area (Å²) < 4.78 is 18.8. The maximum atomic E-state index is 13.1. The number of halogens is 1. The lowest BCUT2D eigenvalue weighted by atomic mass is 10.1. The van der Waals surface area contributed by atoms with Crippen molar-refractivity contribution in [2.24, 2.45) is 5.73 Å². The minimum Gasteiger partial charge on any atom is -0.457 e. The summed E-state index contributed by atoms with van der Waals surface area (Å²) in [6.07, 6.45) is 0. The average Bonchev–Trinajstić information content (AvgIpc) is 2.34. The average molecular weight is 245 g/mol. The molecule has 94 valence electrons. The molecular weight excluding hydrogens is 229 g/mol. The van der Waals surface area contributed by atoms with Crippen LogP contribution in [0.15, 0.2) is 36.4 Å². The summed E-state index contributed by atoms with van der Waals surface area (Å²) in [5.74, 6) is 1.14. The number of benzene rings is 2. The van der Waals surface area contributed by atoms with Crippen LogP contribution in [0.2, 0.25) is 0 Å². The van der Waals surface area contributed by atoms with Gasteiger partial charge in [0.25, 0.3) is 0 Å². The second-order valence-electron chi connectivity index (χ2n) is 4.31. The van der Waals surface area contributed by atoms with E-state index in [1.165, 1.54) is 6.07 Å². The van der Waals surface area contributed by atoms with E-state index in [-0.39, 0.29) is 5.82 Å². The predicted octanol–water partition coefficient (Wildman–Crippen LogP) is 3.69. The van der Waals surface area contributed by atoms with Crippen LogP contribution >= 0.6 is 0 Å². The lowest BCUT2D eigenvalue weighted by molar-refractivity contribution is 0.479. The van der Waals surface area contributed by atoms with Crippen molar-refractivity contribution in [2.45, 2.75) is 20.4 Å². The van der Waals surface area contributed by atoms with Gasteiger partial charge in [-0.25, -0.2) is 4.39 Å². The maximum Gasteiger partial charge on any atom is 0.127 e. The number of rotatable bonds is 3. The van der Waals surface area contributed by atoms with Gasteiger partial charge in [-0.2, -0.15) is 0 Å². The Balaban J connectivity index is 2.23. The third-order valence-electron chi connectivity index (χ3n) is 2.90. The highest BCUT2D eigenvalue weighted by atomic mass is 19.1. The summed E-state index contributed by atoms with van der Waals surface area (Å²) in [5.41, 5.74) is 8.37. The molecule has 2 N–H and O–H groups in total. The molecule has 2 aromatic rings. The molecule has 0 saturated heterocycles. The van der Waals surface area contributed by atoms with Crippen LogP contribution in [0.5, 0.6) is 11.5 Å². The van der Waals surface area contributed by atoms with Crippen molar-refractivity contribution in [2.75, 3.05) is 0 Å². The molecule has 0 amide bonds. The first-order chi connectivity index (χ1) is 8.60. The van der Waals surface area contributed by atoms with Crippen LogP contribution in [0.3, 0.4) is 0 Å². The molecule has 0 atom stereocenters. The van der Waals surface area contributed by atoms with Crippen molar-refractivity contribution in [3.8, 4) is 11.5 Å². The fourth-order valence-corrected chi connectivity index (χ4v) is 1.78. The van der Waals surface area contributed by atoms with Crippen molar-refractivity contribution < 1.29 is 9.13 Å². The molecule has 18 heavy (non-hydrogen) atoms. The molecule has 0 fully saturated rings. The van der Waals surface area contributed by atoms with E-state index in [1.807, 2.05) is 25.1 Å². The third-order valence-corrected chi connectivity index (χ3v) is 2.90. The molecular formula is C15H16FNO. The zero-order valence-corrected chi connectivity index (χ0v) is 10.5. The molecule has 0 unspecified atom stereocenters. The highest BCUT2D eigenvalue weighted by molar-refractivity contribution is 5.38. The summed E-state index contributed by atoms with van der Waals surface area (Å²) >= 11 is 0. The lowest BCUT2D eigenvalue weighted by Gasteiger charge is -2.09. The molecule has 0 radical (unpaired) electrons. The first kappa shape index (κ1) is 12.6. The van der Waals surface area contributed by atoms with Gasteiger partial charge in [-0.05, 0) is 60.9 Å². The molecule has 0 spiro atoms. The maximum absolute atomic E-state index is 13.1. The van der Waals surface area contributed by atoms with E-state index in [0.29, 0.717) is 17.9 Å². The van der Waals surface area contributed by atoms with Crippen molar-refractivity contribution in [3.05, 3.63) is 58.9 Å². The summed E-state index contributed by atoms with van der Waals surface area (Å²) in [5, 5.41) is 0. The van der Waals surface area contributed by atoms with Crippen LogP contribution in [0.1, 0.15) is 16.7 Å². The summed E-state index contributed by atoms with van der Waals surface area (Å²) in [7, 11) is 0. The van der Waals surface area contributed by atoms with Crippen LogP contribution in [-0.2, 0) is 6.54 Å². The Kier molecular flexibility index (Phi) is 3.63. The van der Waals surface area contributed by atoms with Gasteiger partial charge >= 0.3 is 0 Å². The SMILES string of the molecule is Cc1cc(Oc2ccc(CN)c(C)c2)ccc1F. The molecule has 0 bridgehead atoms. The van der Waals surface area contributed by atoms with Gasteiger partial charge in [0.05, 0.1) is 0 Å². The Morgan fingerprint density at radius 1 is 1.00 bits per heavy atom. The van der Waals surface area contributed by atoms with Crippen molar-refractivity contribution in [3.63, 3.8) is 0 Å². The van der Waals surface area contributed by atoms with Gasteiger partial charge in [0, 0.05) is 6.54 Å². The number of nitrogens with two attached hydrogens (primary N) is 1. The zero-order valence-electron chi connectivity index (χ0n) is 10.5. The van der Waals surface area contributed by atoms with E-state index in [2.05, 4.69) is 0 Å². The number of aryl methyl sites for hydroxylation is 2. The van der Waals surface area contributed by atoms with Crippen molar-refractivity contribution >= 4 is 0 Å². The Bertz CT molecular complexity index is 566. The van der Waals surface area contributed by atoms with Crippen LogP contribution in [0, 0.1) is 19.7 Å². The van der Waals surface area contributed by atoms with Crippen molar-refractivity contribution in [1.82, 2.24) is 0 Å². The zero-order chi connectivity index (χ0) is 13.1. The summed E-state index contributed by atoms with van der Waals surface area (Å²) in [6.45, 7) is 4.22. The lowest BCUT2D eigenvalue weighted by Crippen LogP contribution is -1.99. The van der Waals surface area contributed by atoms with E-state index >= 15 is 0 Å². The minimum atomic E-state index is -0.225. The van der Waals surface area contributed by atoms with Gasteiger partial charge in [-0.3, -0.25) is 0 Å². The van der Waals surface area contributed by atoms with Gasteiger partial charge in [0.2, 0.25) is 0 Å². The molecule has 2 rings (SSSR count). The van der Waals surface area contributed by atoms with Crippen LogP contribution < -0.4 is 10.5 Å². The predicted molar refractivity (Wildman–Crippen MR) is 70.3 cm³/mol. The first-order valence-corrected chi connectivity index (χ1v) is 5.84. The second kappa shape index (κ2) is 5.19. The van der Waals surface area contributed by atoms with Crippen molar-refractivity contribution in [1.29, 1.82) is 0 Å². The highest BCUT2D eigenvalue weighted by Gasteiger charge is 2.03. The Morgan fingerprint density at radius 3 is 2.17 bits per heavy atom. The number of hydrogen-bond donors (Lipinski definition) is 1. The fraction of sp³-hybridized carbons (Fsp3) is 0.200. The van der Waals surface area contributed by atoms with Crippen LogP contribution in [0.25, 0.3) is 0 Å².